The van der Waals surface area contributed by atoms with Crippen LogP contribution in [0, 0.1) is 11.8 Å². The molecule has 0 aromatic heterocycles. The minimum Gasteiger partial charge on any atom is -0.318 e. The Balaban J connectivity index is 0.000000188. The first kappa shape index (κ1) is 17.7. The van der Waals surface area contributed by atoms with Crippen molar-refractivity contribution in [3.05, 3.63) is 30.3 Å². The largest absolute Gasteiger partial charge is 0.318 e. The molecular weight excluding hydrogens is 260 g/mol. The van der Waals surface area contributed by atoms with Gasteiger partial charge in [-0.25, -0.2) is 0 Å². The van der Waals surface area contributed by atoms with E-state index in [1.807, 2.05) is 44.2 Å². The molecule has 1 N–H and O–H groups in total. The van der Waals surface area contributed by atoms with E-state index in [9.17, 15) is 4.79 Å². The smallest absolute Gasteiger partial charge is 0.213 e. The number of carbonyl (C=O) groups is 1. The summed E-state index contributed by atoms with van der Waals surface area (Å²) in [5, 5.41) is 3.52. The molecule has 3 rings (SSSR count). The lowest BCUT2D eigenvalue weighted by atomic mass is 9.95. The molecule has 1 saturated heterocycles. The Morgan fingerprint density at radius 2 is 1.86 bits per heavy atom. The van der Waals surface area contributed by atoms with Gasteiger partial charge in [0.25, 0.3) is 0 Å². The fraction of sp³-hybridized carbons (Fsp3) is 0.611. The summed E-state index contributed by atoms with van der Waals surface area (Å²) in [6.45, 7) is 7.63. The number of para-hydroxylation sites is 1. The number of hydrogen-bond donors (Lipinski definition) is 1. The third kappa shape index (κ3) is 5.16. The van der Waals surface area contributed by atoms with Crippen LogP contribution < -0.4 is 10.2 Å². The number of rotatable bonds is 2. The van der Waals surface area contributed by atoms with Crippen LogP contribution in [0.25, 0.3) is 0 Å². The van der Waals surface area contributed by atoms with E-state index < -0.39 is 0 Å². The number of nitrogens with one attached hydrogen (secondary N) is 1. The molecule has 3 nitrogen and oxygen atoms in total. The monoisotopic (exact) mass is 290 g/mol. The predicted octanol–water partition coefficient (Wildman–Crippen LogP) is 3.70. The molecule has 2 fully saturated rings. The Labute approximate surface area is 129 Å². The Hall–Kier alpha value is -1.35. The first-order chi connectivity index (χ1) is 10.2. The van der Waals surface area contributed by atoms with Crippen LogP contribution in [0.1, 0.15) is 40.0 Å². The van der Waals surface area contributed by atoms with Gasteiger partial charge in [0.1, 0.15) is 0 Å². The third-order valence-corrected chi connectivity index (χ3v) is 4.38. The molecule has 0 bridgehead atoms. The van der Waals surface area contributed by atoms with E-state index in [1.165, 1.54) is 30.7 Å². The summed E-state index contributed by atoms with van der Waals surface area (Å²) in [5.74, 6) is 2.07. The average molecular weight is 290 g/mol. The maximum Gasteiger partial charge on any atom is 0.213 e. The number of anilines is 1. The highest BCUT2D eigenvalue weighted by molar-refractivity contribution is 5.73. The highest BCUT2D eigenvalue weighted by Gasteiger charge is 2.35. The molecule has 1 heterocycles. The van der Waals surface area contributed by atoms with Crippen molar-refractivity contribution in [3.63, 3.8) is 0 Å². The molecule has 0 radical (unpaired) electrons. The molecular formula is C18H30N2O. The fourth-order valence-electron chi connectivity index (χ4n) is 3.19. The first-order valence-electron chi connectivity index (χ1n) is 8.19. The Kier molecular flexibility index (Phi) is 8.06. The Bertz CT molecular complexity index is 393. The molecule has 1 aromatic carbocycles. The van der Waals surface area contributed by atoms with Crippen molar-refractivity contribution in [2.24, 2.45) is 11.8 Å². The summed E-state index contributed by atoms with van der Waals surface area (Å²) in [7, 11) is 1.72. The summed E-state index contributed by atoms with van der Waals surface area (Å²) >= 11 is 0. The summed E-state index contributed by atoms with van der Waals surface area (Å²) in [6, 6.07) is 10.3. The number of hydrogen-bond acceptors (Lipinski definition) is 2. The van der Waals surface area contributed by atoms with Crippen molar-refractivity contribution in [1.29, 1.82) is 0 Å². The van der Waals surface area contributed by atoms with E-state index >= 15 is 0 Å². The maximum absolute atomic E-state index is 10.2. The quantitative estimate of drug-likeness (QED) is 0.842. The topological polar surface area (TPSA) is 32.3 Å². The van der Waals surface area contributed by atoms with Crippen LogP contribution in [0.2, 0.25) is 0 Å². The van der Waals surface area contributed by atoms with Gasteiger partial charge in [0.2, 0.25) is 6.41 Å². The maximum atomic E-state index is 10.2. The van der Waals surface area contributed by atoms with Gasteiger partial charge in [0.15, 0.2) is 0 Å². The lowest BCUT2D eigenvalue weighted by molar-refractivity contribution is -0.107. The molecule has 1 aliphatic carbocycles. The molecule has 3 unspecified atom stereocenters. The Morgan fingerprint density at radius 1 is 1.19 bits per heavy atom. The molecule has 1 aliphatic heterocycles. The lowest BCUT2D eigenvalue weighted by Gasteiger charge is -2.11. The summed E-state index contributed by atoms with van der Waals surface area (Å²) in [6.07, 6.45) is 5.25. The summed E-state index contributed by atoms with van der Waals surface area (Å²) in [4.78, 5) is 11.8. The SMILES string of the molecule is CC.CC1NCC2CCCC21.CN(C=O)c1ccccc1. The van der Waals surface area contributed by atoms with Crippen LogP contribution in [0.5, 0.6) is 0 Å². The van der Waals surface area contributed by atoms with E-state index in [0.29, 0.717) is 0 Å². The molecule has 21 heavy (non-hydrogen) atoms. The first-order valence-corrected chi connectivity index (χ1v) is 8.19. The minimum atomic E-state index is 0.787. The van der Waals surface area contributed by atoms with Gasteiger partial charge in [-0.05, 0) is 50.3 Å². The summed E-state index contributed by atoms with van der Waals surface area (Å²) in [5.41, 5.74) is 0.914. The molecule has 3 atom stereocenters. The predicted molar refractivity (Wildman–Crippen MR) is 90.6 cm³/mol. The minimum absolute atomic E-state index is 0.787. The second kappa shape index (κ2) is 9.56. The van der Waals surface area contributed by atoms with E-state index in [-0.39, 0.29) is 0 Å². The zero-order chi connectivity index (χ0) is 15.7. The van der Waals surface area contributed by atoms with Gasteiger partial charge in [0.05, 0.1) is 0 Å². The van der Waals surface area contributed by atoms with Gasteiger partial charge in [-0.1, -0.05) is 38.5 Å². The molecule has 0 spiro atoms. The number of fused-ring (bicyclic) bond motifs is 1. The van der Waals surface area contributed by atoms with E-state index in [0.717, 1.165) is 30.0 Å². The lowest BCUT2D eigenvalue weighted by Crippen LogP contribution is -2.22. The van der Waals surface area contributed by atoms with Gasteiger partial charge in [-0.3, -0.25) is 4.79 Å². The van der Waals surface area contributed by atoms with Crippen molar-refractivity contribution < 1.29 is 4.79 Å². The van der Waals surface area contributed by atoms with Gasteiger partial charge < -0.3 is 10.2 Å². The van der Waals surface area contributed by atoms with Crippen molar-refractivity contribution in [1.82, 2.24) is 5.32 Å². The Morgan fingerprint density at radius 3 is 2.43 bits per heavy atom. The zero-order valence-electron chi connectivity index (χ0n) is 13.9. The number of nitrogens with zero attached hydrogens (tertiary/aromatic N) is 1. The van der Waals surface area contributed by atoms with E-state index in [4.69, 9.17) is 0 Å². The van der Waals surface area contributed by atoms with Gasteiger partial charge in [-0.15, -0.1) is 0 Å². The van der Waals surface area contributed by atoms with Crippen LogP contribution >= 0.6 is 0 Å². The number of amides is 1. The highest BCUT2D eigenvalue weighted by Crippen LogP contribution is 2.37. The fourth-order valence-corrected chi connectivity index (χ4v) is 3.19. The standard InChI is InChI=1S/C8H9NO.C8H15N.C2H6/c1-9(7-10)8-5-3-2-4-6-8;1-6-8-4-2-3-7(8)5-9-6;1-2/h2-7H,1H3;6-9H,2-5H2,1H3;1-2H3. The number of benzene rings is 1. The van der Waals surface area contributed by atoms with Crippen molar-refractivity contribution in [2.75, 3.05) is 18.5 Å². The molecule has 2 aliphatic rings. The second-order valence-corrected chi connectivity index (χ2v) is 5.60. The van der Waals surface area contributed by atoms with Crippen molar-refractivity contribution in [3.8, 4) is 0 Å². The molecule has 1 aromatic rings. The van der Waals surface area contributed by atoms with Gasteiger partial charge >= 0.3 is 0 Å². The van der Waals surface area contributed by atoms with Crippen LogP contribution in [0.3, 0.4) is 0 Å². The van der Waals surface area contributed by atoms with Crippen molar-refractivity contribution >= 4 is 12.1 Å². The second-order valence-electron chi connectivity index (χ2n) is 5.60. The van der Waals surface area contributed by atoms with Crippen LogP contribution in [-0.4, -0.2) is 26.0 Å². The van der Waals surface area contributed by atoms with Crippen LogP contribution in [0.4, 0.5) is 5.69 Å². The van der Waals surface area contributed by atoms with E-state index in [1.54, 1.807) is 7.05 Å². The van der Waals surface area contributed by atoms with Gasteiger partial charge in [0, 0.05) is 18.8 Å². The molecule has 1 saturated carbocycles. The van der Waals surface area contributed by atoms with Gasteiger partial charge in [-0.2, -0.15) is 0 Å². The van der Waals surface area contributed by atoms with E-state index in [2.05, 4.69) is 12.2 Å². The van der Waals surface area contributed by atoms with Crippen LogP contribution in [0.15, 0.2) is 30.3 Å². The number of carbonyl (C=O) groups excluding carboxylic acids is 1. The normalized spacial score (nSPS) is 25.8. The third-order valence-electron chi connectivity index (χ3n) is 4.38. The van der Waals surface area contributed by atoms with Crippen molar-refractivity contribution in [2.45, 2.75) is 46.1 Å². The average Bonchev–Trinajstić information content (AvgIpc) is 3.16. The zero-order valence-corrected chi connectivity index (χ0v) is 13.9. The molecule has 3 heteroatoms. The summed E-state index contributed by atoms with van der Waals surface area (Å²) < 4.78 is 0. The highest BCUT2D eigenvalue weighted by atomic mass is 16.1. The van der Waals surface area contributed by atoms with Crippen LogP contribution in [-0.2, 0) is 4.79 Å². The molecule has 1 amide bonds. The molecule has 118 valence electrons.